The van der Waals surface area contributed by atoms with Gasteiger partial charge in [-0.15, -0.1) is 0 Å². The molecule has 1 atom stereocenters. The molecule has 7 heteroatoms. The summed E-state index contributed by atoms with van der Waals surface area (Å²) in [6.07, 6.45) is 2.13. The van der Waals surface area contributed by atoms with Gasteiger partial charge in [-0.1, -0.05) is 23.2 Å². The molecular weight excluding hydrogens is 301 g/mol. The van der Waals surface area contributed by atoms with E-state index in [4.69, 9.17) is 28.9 Å². The SMILES string of the molecule is NC(=O)C[C@@H](NC(=O)Nc1cc(Cl)ccc1Cl)C1CC1. The van der Waals surface area contributed by atoms with Gasteiger partial charge in [-0.3, -0.25) is 4.79 Å². The van der Waals surface area contributed by atoms with Crippen LogP contribution < -0.4 is 16.4 Å². The third kappa shape index (κ3) is 4.28. The Balaban J connectivity index is 1.96. The molecule has 4 N–H and O–H groups in total. The maximum absolute atomic E-state index is 11.9. The average molecular weight is 316 g/mol. The quantitative estimate of drug-likeness (QED) is 0.780. The van der Waals surface area contributed by atoms with Crippen LogP contribution in [-0.4, -0.2) is 18.0 Å². The third-order valence-electron chi connectivity index (χ3n) is 3.11. The Hall–Kier alpha value is -1.46. The Morgan fingerprint density at radius 3 is 2.65 bits per heavy atom. The summed E-state index contributed by atoms with van der Waals surface area (Å²) in [6, 6.07) is 4.13. The van der Waals surface area contributed by atoms with Gasteiger partial charge in [-0.25, -0.2) is 4.79 Å². The highest BCUT2D eigenvalue weighted by Gasteiger charge is 2.33. The molecule has 1 aromatic rings. The van der Waals surface area contributed by atoms with Crippen molar-refractivity contribution in [3.8, 4) is 0 Å². The van der Waals surface area contributed by atoms with Gasteiger partial charge in [0, 0.05) is 17.5 Å². The van der Waals surface area contributed by atoms with E-state index < -0.39 is 11.9 Å². The van der Waals surface area contributed by atoms with Crippen LogP contribution in [-0.2, 0) is 4.79 Å². The predicted molar refractivity (Wildman–Crippen MR) is 78.9 cm³/mol. The first kappa shape index (κ1) is 14.9. The minimum atomic E-state index is -0.428. The fourth-order valence-corrected chi connectivity index (χ4v) is 2.31. The lowest BCUT2D eigenvalue weighted by Gasteiger charge is -2.17. The summed E-state index contributed by atoms with van der Waals surface area (Å²) in [4.78, 5) is 22.9. The Kier molecular flexibility index (Phi) is 4.73. The Bertz CT molecular complexity index is 532. The fraction of sp³-hybridized carbons (Fsp3) is 0.385. The highest BCUT2D eigenvalue weighted by Crippen LogP contribution is 2.34. The van der Waals surface area contributed by atoms with Crippen LogP contribution in [0, 0.1) is 5.92 Å². The lowest BCUT2D eigenvalue weighted by atomic mass is 10.1. The predicted octanol–water partition coefficient (Wildman–Crippen LogP) is 2.77. The zero-order chi connectivity index (χ0) is 14.7. The van der Waals surface area contributed by atoms with Gasteiger partial charge in [0.1, 0.15) is 0 Å². The van der Waals surface area contributed by atoms with Crippen molar-refractivity contribution in [3.63, 3.8) is 0 Å². The van der Waals surface area contributed by atoms with Crippen LogP contribution >= 0.6 is 23.2 Å². The van der Waals surface area contributed by atoms with Crippen molar-refractivity contribution >= 4 is 40.8 Å². The molecule has 0 aromatic heterocycles. The number of primary amides is 1. The Labute approximate surface area is 126 Å². The van der Waals surface area contributed by atoms with Crippen LogP contribution in [0.1, 0.15) is 19.3 Å². The highest BCUT2D eigenvalue weighted by molar-refractivity contribution is 6.35. The zero-order valence-electron chi connectivity index (χ0n) is 10.7. The van der Waals surface area contributed by atoms with Crippen molar-refractivity contribution in [2.75, 3.05) is 5.32 Å². The van der Waals surface area contributed by atoms with Gasteiger partial charge in [0.05, 0.1) is 10.7 Å². The number of nitrogens with two attached hydrogens (primary N) is 1. The maximum atomic E-state index is 11.9. The molecule has 0 radical (unpaired) electrons. The number of carbonyl (C=O) groups excluding carboxylic acids is 2. The van der Waals surface area contributed by atoms with Gasteiger partial charge in [0.25, 0.3) is 0 Å². The second-order valence-electron chi connectivity index (χ2n) is 4.84. The summed E-state index contributed by atoms with van der Waals surface area (Å²) >= 11 is 11.8. The standard InChI is InChI=1S/C13H15Cl2N3O2/c14-8-3-4-9(15)11(5-8)18-13(20)17-10(6-12(16)19)7-1-2-7/h3-5,7,10H,1-2,6H2,(H2,16,19)(H2,17,18,20)/t10-/m1/s1. The van der Waals surface area contributed by atoms with E-state index in [1.54, 1.807) is 18.2 Å². The van der Waals surface area contributed by atoms with Crippen LogP contribution in [0.4, 0.5) is 10.5 Å². The number of rotatable bonds is 5. The third-order valence-corrected chi connectivity index (χ3v) is 3.67. The van der Waals surface area contributed by atoms with Crippen LogP contribution in [0.3, 0.4) is 0 Å². The first-order valence-corrected chi connectivity index (χ1v) is 7.02. The van der Waals surface area contributed by atoms with Crippen LogP contribution in [0.15, 0.2) is 18.2 Å². The number of carbonyl (C=O) groups is 2. The molecule has 5 nitrogen and oxygen atoms in total. The lowest BCUT2D eigenvalue weighted by Crippen LogP contribution is -2.41. The van der Waals surface area contributed by atoms with Crippen molar-refractivity contribution in [1.29, 1.82) is 0 Å². The molecule has 1 aliphatic rings. The molecule has 0 aliphatic heterocycles. The number of nitrogens with one attached hydrogen (secondary N) is 2. The number of hydrogen-bond donors (Lipinski definition) is 3. The molecular formula is C13H15Cl2N3O2. The number of amides is 3. The van der Waals surface area contributed by atoms with Crippen LogP contribution in [0.25, 0.3) is 0 Å². The number of anilines is 1. The molecule has 1 aliphatic carbocycles. The summed E-state index contributed by atoms with van der Waals surface area (Å²) in [5, 5.41) is 6.24. The lowest BCUT2D eigenvalue weighted by molar-refractivity contribution is -0.118. The van der Waals surface area contributed by atoms with Gasteiger partial charge < -0.3 is 16.4 Å². The van der Waals surface area contributed by atoms with E-state index >= 15 is 0 Å². The van der Waals surface area contributed by atoms with Crippen molar-refractivity contribution in [1.82, 2.24) is 5.32 Å². The van der Waals surface area contributed by atoms with Crippen LogP contribution in [0.2, 0.25) is 10.0 Å². The van der Waals surface area contributed by atoms with Gasteiger partial charge in [-0.05, 0) is 37.0 Å². The highest BCUT2D eigenvalue weighted by atomic mass is 35.5. The van der Waals surface area contributed by atoms with E-state index in [0.29, 0.717) is 21.7 Å². The normalized spacial score (nSPS) is 15.5. The number of halogens is 2. The van der Waals surface area contributed by atoms with Gasteiger partial charge in [0.2, 0.25) is 5.91 Å². The topological polar surface area (TPSA) is 84.2 Å². The minimum absolute atomic E-state index is 0.140. The van der Waals surface area contributed by atoms with Gasteiger partial charge in [-0.2, -0.15) is 0 Å². The Morgan fingerprint density at radius 1 is 1.35 bits per heavy atom. The molecule has 0 heterocycles. The fourth-order valence-electron chi connectivity index (χ4n) is 1.97. The molecule has 108 valence electrons. The molecule has 3 amide bonds. The molecule has 1 saturated carbocycles. The van der Waals surface area contributed by atoms with Crippen molar-refractivity contribution in [2.24, 2.45) is 11.7 Å². The molecule has 1 fully saturated rings. The van der Waals surface area contributed by atoms with E-state index in [-0.39, 0.29) is 12.5 Å². The van der Waals surface area contributed by atoms with E-state index in [1.165, 1.54) is 0 Å². The second-order valence-corrected chi connectivity index (χ2v) is 5.68. The second kappa shape index (κ2) is 6.33. The molecule has 1 aromatic carbocycles. The molecule has 20 heavy (non-hydrogen) atoms. The number of hydrogen-bond acceptors (Lipinski definition) is 2. The summed E-state index contributed by atoms with van der Waals surface area (Å²) in [6.45, 7) is 0. The van der Waals surface area contributed by atoms with Gasteiger partial charge in [0.15, 0.2) is 0 Å². The first-order valence-electron chi connectivity index (χ1n) is 6.26. The maximum Gasteiger partial charge on any atom is 0.319 e. The minimum Gasteiger partial charge on any atom is -0.370 e. The smallest absolute Gasteiger partial charge is 0.319 e. The van der Waals surface area contributed by atoms with E-state index in [1.807, 2.05) is 0 Å². The molecule has 0 spiro atoms. The molecule has 2 rings (SSSR count). The van der Waals surface area contributed by atoms with E-state index in [9.17, 15) is 9.59 Å². The number of urea groups is 1. The van der Waals surface area contributed by atoms with Crippen molar-refractivity contribution < 1.29 is 9.59 Å². The van der Waals surface area contributed by atoms with E-state index in [2.05, 4.69) is 10.6 Å². The summed E-state index contributed by atoms with van der Waals surface area (Å²) in [7, 11) is 0. The zero-order valence-corrected chi connectivity index (χ0v) is 12.2. The van der Waals surface area contributed by atoms with Crippen molar-refractivity contribution in [3.05, 3.63) is 28.2 Å². The largest absolute Gasteiger partial charge is 0.370 e. The molecule has 0 bridgehead atoms. The summed E-state index contributed by atoms with van der Waals surface area (Å²) in [5.41, 5.74) is 5.60. The average Bonchev–Trinajstić information content (AvgIpc) is 3.16. The van der Waals surface area contributed by atoms with Gasteiger partial charge >= 0.3 is 6.03 Å². The Morgan fingerprint density at radius 2 is 2.05 bits per heavy atom. The monoisotopic (exact) mass is 315 g/mol. The summed E-state index contributed by atoms with van der Waals surface area (Å²) < 4.78 is 0. The van der Waals surface area contributed by atoms with Crippen molar-refractivity contribution in [2.45, 2.75) is 25.3 Å². The molecule has 0 unspecified atom stereocenters. The first-order chi connectivity index (χ1) is 9.45. The number of benzene rings is 1. The molecule has 0 saturated heterocycles. The van der Waals surface area contributed by atoms with E-state index in [0.717, 1.165) is 12.8 Å². The van der Waals surface area contributed by atoms with Crippen LogP contribution in [0.5, 0.6) is 0 Å². The summed E-state index contributed by atoms with van der Waals surface area (Å²) in [5.74, 6) is -0.105.